The van der Waals surface area contributed by atoms with E-state index in [4.69, 9.17) is 0 Å². The average Bonchev–Trinajstić information content (AvgIpc) is 2.75. The summed E-state index contributed by atoms with van der Waals surface area (Å²) in [6.07, 6.45) is 1.33. The van der Waals surface area contributed by atoms with Gasteiger partial charge in [0.2, 0.25) is 11.8 Å². The quantitative estimate of drug-likeness (QED) is 0.530. The summed E-state index contributed by atoms with van der Waals surface area (Å²) in [5, 5.41) is 3.01. The highest BCUT2D eigenvalue weighted by atomic mass is 32.2. The van der Waals surface area contributed by atoms with Crippen LogP contribution in [0.2, 0.25) is 0 Å². The number of hydrogen-bond acceptors (Lipinski definition) is 3. The van der Waals surface area contributed by atoms with Crippen molar-refractivity contribution >= 4 is 23.6 Å². The van der Waals surface area contributed by atoms with E-state index < -0.39 is 6.04 Å². The van der Waals surface area contributed by atoms with E-state index in [1.165, 1.54) is 22.9 Å². The smallest absolute Gasteiger partial charge is 0.242 e. The minimum absolute atomic E-state index is 0.00283. The molecule has 2 aromatic carbocycles. The molecule has 0 saturated heterocycles. The number of aryl methyl sites for hydroxylation is 1. The van der Waals surface area contributed by atoms with Crippen LogP contribution >= 0.6 is 11.8 Å². The molecule has 0 radical (unpaired) electrons. The number of thioether (sulfide) groups is 1. The third-order valence-electron chi connectivity index (χ3n) is 4.94. The SMILES string of the molecule is CC[C@@H](C(=O)NCC(C)C)N(CCc1ccccc1)C(=O)CSc1ccc(C)cc1. The highest BCUT2D eigenvalue weighted by molar-refractivity contribution is 8.00. The molecule has 0 saturated carbocycles. The Morgan fingerprint density at radius 1 is 1.03 bits per heavy atom. The molecule has 30 heavy (non-hydrogen) atoms. The summed E-state index contributed by atoms with van der Waals surface area (Å²) >= 11 is 1.52. The Bertz CT molecular complexity index is 791. The van der Waals surface area contributed by atoms with Gasteiger partial charge in [-0.05, 0) is 43.4 Å². The van der Waals surface area contributed by atoms with E-state index in [1.54, 1.807) is 4.90 Å². The zero-order valence-electron chi connectivity index (χ0n) is 18.6. The molecule has 4 nitrogen and oxygen atoms in total. The van der Waals surface area contributed by atoms with Crippen molar-refractivity contribution < 1.29 is 9.59 Å². The van der Waals surface area contributed by atoms with Crippen LogP contribution in [0.5, 0.6) is 0 Å². The first-order chi connectivity index (χ1) is 14.4. The minimum atomic E-state index is -0.446. The number of carbonyl (C=O) groups excluding carboxylic acids is 2. The summed E-state index contributed by atoms with van der Waals surface area (Å²) < 4.78 is 0. The molecule has 2 aromatic rings. The molecular formula is C25H34N2O2S. The van der Waals surface area contributed by atoms with E-state index in [9.17, 15) is 9.59 Å². The standard InChI is InChI=1S/C25H34N2O2S/c1-5-23(25(29)26-17-19(2)3)27(16-15-21-9-7-6-8-10-21)24(28)18-30-22-13-11-20(4)12-14-22/h6-14,19,23H,5,15-18H2,1-4H3,(H,26,29)/t23-/m0/s1. The van der Waals surface area contributed by atoms with Gasteiger partial charge in [-0.1, -0.05) is 68.8 Å². The van der Waals surface area contributed by atoms with Crippen LogP contribution in [-0.4, -0.2) is 41.6 Å². The van der Waals surface area contributed by atoms with Crippen LogP contribution in [0.1, 0.15) is 38.3 Å². The van der Waals surface area contributed by atoms with Crippen molar-refractivity contribution in [3.63, 3.8) is 0 Å². The zero-order valence-corrected chi connectivity index (χ0v) is 19.4. The molecule has 0 unspecified atom stereocenters. The molecule has 0 aliphatic carbocycles. The molecule has 1 N–H and O–H groups in total. The van der Waals surface area contributed by atoms with E-state index in [0.29, 0.717) is 31.2 Å². The van der Waals surface area contributed by atoms with Crippen molar-refractivity contribution in [1.29, 1.82) is 0 Å². The molecule has 1 atom stereocenters. The lowest BCUT2D eigenvalue weighted by Gasteiger charge is -2.31. The number of hydrogen-bond donors (Lipinski definition) is 1. The highest BCUT2D eigenvalue weighted by Crippen LogP contribution is 2.20. The normalized spacial score (nSPS) is 11.9. The van der Waals surface area contributed by atoms with Gasteiger partial charge in [-0.15, -0.1) is 11.8 Å². The number of amides is 2. The van der Waals surface area contributed by atoms with Gasteiger partial charge in [0.1, 0.15) is 6.04 Å². The second kappa shape index (κ2) is 12.4. The van der Waals surface area contributed by atoms with Crippen molar-refractivity contribution in [3.05, 3.63) is 65.7 Å². The maximum atomic E-state index is 13.2. The van der Waals surface area contributed by atoms with Gasteiger partial charge in [0.05, 0.1) is 5.75 Å². The predicted molar refractivity (Wildman–Crippen MR) is 126 cm³/mol. The summed E-state index contributed by atoms with van der Waals surface area (Å²) in [5.74, 6) is 0.638. The minimum Gasteiger partial charge on any atom is -0.354 e. The lowest BCUT2D eigenvalue weighted by Crippen LogP contribution is -2.51. The maximum Gasteiger partial charge on any atom is 0.242 e. The lowest BCUT2D eigenvalue weighted by atomic mass is 10.1. The first-order valence-corrected chi connectivity index (χ1v) is 11.7. The molecule has 0 heterocycles. The fourth-order valence-electron chi connectivity index (χ4n) is 3.18. The van der Waals surface area contributed by atoms with Gasteiger partial charge in [-0.3, -0.25) is 9.59 Å². The molecule has 0 fully saturated rings. The molecule has 0 aromatic heterocycles. The van der Waals surface area contributed by atoms with Gasteiger partial charge in [-0.2, -0.15) is 0 Å². The second-order valence-electron chi connectivity index (χ2n) is 7.99. The highest BCUT2D eigenvalue weighted by Gasteiger charge is 2.28. The maximum absolute atomic E-state index is 13.2. The van der Waals surface area contributed by atoms with Crippen LogP contribution in [-0.2, 0) is 16.0 Å². The Morgan fingerprint density at radius 2 is 1.70 bits per heavy atom. The first kappa shape index (κ1) is 24.0. The second-order valence-corrected chi connectivity index (χ2v) is 9.04. The molecule has 0 aliphatic heterocycles. The van der Waals surface area contributed by atoms with Gasteiger partial charge in [0.15, 0.2) is 0 Å². The first-order valence-electron chi connectivity index (χ1n) is 10.7. The molecule has 2 amide bonds. The number of benzene rings is 2. The fourth-order valence-corrected chi connectivity index (χ4v) is 3.97. The molecule has 0 bridgehead atoms. The van der Waals surface area contributed by atoms with Crippen molar-refractivity contribution in [3.8, 4) is 0 Å². The van der Waals surface area contributed by atoms with Crippen LogP contribution < -0.4 is 5.32 Å². The van der Waals surface area contributed by atoms with Crippen LogP contribution in [0.3, 0.4) is 0 Å². The van der Waals surface area contributed by atoms with Crippen LogP contribution in [0.15, 0.2) is 59.5 Å². The fraction of sp³-hybridized carbons (Fsp3) is 0.440. The van der Waals surface area contributed by atoms with Gasteiger partial charge < -0.3 is 10.2 Å². The van der Waals surface area contributed by atoms with E-state index in [2.05, 4.69) is 31.3 Å². The van der Waals surface area contributed by atoms with Crippen LogP contribution in [0.4, 0.5) is 0 Å². The van der Waals surface area contributed by atoms with Gasteiger partial charge in [-0.25, -0.2) is 0 Å². The Balaban J connectivity index is 2.09. The number of rotatable bonds is 11. The van der Waals surface area contributed by atoms with E-state index in [-0.39, 0.29) is 11.8 Å². The number of carbonyl (C=O) groups is 2. The number of nitrogens with zero attached hydrogens (tertiary/aromatic N) is 1. The summed E-state index contributed by atoms with van der Waals surface area (Å²) in [4.78, 5) is 28.8. The monoisotopic (exact) mass is 426 g/mol. The van der Waals surface area contributed by atoms with Gasteiger partial charge in [0, 0.05) is 18.0 Å². The van der Waals surface area contributed by atoms with Crippen molar-refractivity contribution in [2.75, 3.05) is 18.8 Å². The van der Waals surface area contributed by atoms with E-state index in [0.717, 1.165) is 11.3 Å². The van der Waals surface area contributed by atoms with Crippen molar-refractivity contribution in [2.45, 2.75) is 51.5 Å². The topological polar surface area (TPSA) is 49.4 Å². The Kier molecular flexibility index (Phi) is 9.95. The summed E-state index contributed by atoms with van der Waals surface area (Å²) in [5.41, 5.74) is 2.36. The molecule has 0 aliphatic rings. The van der Waals surface area contributed by atoms with Crippen molar-refractivity contribution in [1.82, 2.24) is 10.2 Å². The molecule has 5 heteroatoms. The Labute approximate surface area is 185 Å². The van der Waals surface area contributed by atoms with E-state index >= 15 is 0 Å². The predicted octanol–water partition coefficient (Wildman–Crippen LogP) is 4.71. The molecule has 162 valence electrons. The summed E-state index contributed by atoms with van der Waals surface area (Å²) in [7, 11) is 0. The van der Waals surface area contributed by atoms with Gasteiger partial charge in [0.25, 0.3) is 0 Å². The largest absolute Gasteiger partial charge is 0.354 e. The zero-order chi connectivity index (χ0) is 21.9. The molecular weight excluding hydrogens is 392 g/mol. The van der Waals surface area contributed by atoms with E-state index in [1.807, 2.05) is 56.3 Å². The third kappa shape index (κ3) is 7.86. The molecule has 0 spiro atoms. The summed E-state index contributed by atoms with van der Waals surface area (Å²) in [6, 6.07) is 17.8. The Morgan fingerprint density at radius 3 is 2.30 bits per heavy atom. The third-order valence-corrected chi connectivity index (χ3v) is 5.93. The lowest BCUT2D eigenvalue weighted by molar-refractivity contribution is -0.138. The average molecular weight is 427 g/mol. The Hall–Kier alpha value is -2.27. The van der Waals surface area contributed by atoms with Crippen molar-refractivity contribution in [2.24, 2.45) is 5.92 Å². The van der Waals surface area contributed by atoms with Crippen LogP contribution in [0, 0.1) is 12.8 Å². The number of nitrogens with one attached hydrogen (secondary N) is 1. The van der Waals surface area contributed by atoms with Crippen LogP contribution in [0.25, 0.3) is 0 Å². The van der Waals surface area contributed by atoms with Gasteiger partial charge >= 0.3 is 0 Å². The molecule has 2 rings (SSSR count). The summed E-state index contributed by atoms with van der Waals surface area (Å²) in [6.45, 7) is 9.30.